The molecule has 0 bridgehead atoms. The number of carbonyl (C=O) groups excluding carboxylic acids is 1. The summed E-state index contributed by atoms with van der Waals surface area (Å²) in [4.78, 5) is 10.5. The number of aliphatic hydroxyl groups excluding tert-OH is 1. The molecule has 64 valence electrons. The van der Waals surface area contributed by atoms with Crippen molar-refractivity contribution >= 4 is 5.97 Å². The van der Waals surface area contributed by atoms with Crippen molar-refractivity contribution in [1.82, 2.24) is 0 Å². The molecule has 1 unspecified atom stereocenters. The van der Waals surface area contributed by atoms with Crippen LogP contribution in [0.3, 0.4) is 0 Å². The minimum absolute atomic E-state index is 0.121. The zero-order valence-corrected chi connectivity index (χ0v) is 7.07. The minimum atomic E-state index is -0.575. The Labute approximate surface area is 66.7 Å². The monoisotopic (exact) mass is 158 g/mol. The molecule has 0 aliphatic heterocycles. The molecule has 3 heteroatoms. The molecule has 0 aromatic carbocycles. The van der Waals surface area contributed by atoms with Gasteiger partial charge in [0.25, 0.3) is 0 Å². The van der Waals surface area contributed by atoms with Gasteiger partial charge in [-0.15, -0.1) is 0 Å². The van der Waals surface area contributed by atoms with Crippen LogP contribution in [0.1, 0.15) is 13.8 Å². The maximum Gasteiger partial charge on any atom is 0.330 e. The molecule has 0 saturated heterocycles. The van der Waals surface area contributed by atoms with E-state index in [2.05, 4.69) is 4.74 Å². The summed E-state index contributed by atoms with van der Waals surface area (Å²) in [5.41, 5.74) is 0. The number of methoxy groups -OCH3 is 1. The lowest BCUT2D eigenvalue weighted by molar-refractivity contribution is -0.134. The largest absolute Gasteiger partial charge is 0.466 e. The van der Waals surface area contributed by atoms with Crippen LogP contribution in [0, 0.1) is 5.92 Å². The fraction of sp³-hybridized carbons (Fsp3) is 0.625. The second kappa shape index (κ2) is 4.91. The van der Waals surface area contributed by atoms with Gasteiger partial charge < -0.3 is 9.84 Å². The molecular formula is C8H14O3. The summed E-state index contributed by atoms with van der Waals surface area (Å²) in [6.45, 7) is 3.73. The lowest BCUT2D eigenvalue weighted by Gasteiger charge is -2.07. The molecule has 3 nitrogen and oxygen atoms in total. The van der Waals surface area contributed by atoms with Crippen LogP contribution in [0.4, 0.5) is 0 Å². The molecular weight excluding hydrogens is 144 g/mol. The van der Waals surface area contributed by atoms with Gasteiger partial charge in [-0.2, -0.15) is 0 Å². The van der Waals surface area contributed by atoms with E-state index >= 15 is 0 Å². The first-order chi connectivity index (χ1) is 5.07. The van der Waals surface area contributed by atoms with Crippen LogP contribution >= 0.6 is 0 Å². The van der Waals surface area contributed by atoms with Crippen LogP contribution in [-0.2, 0) is 9.53 Å². The summed E-state index contributed by atoms with van der Waals surface area (Å²) in [7, 11) is 1.30. The van der Waals surface area contributed by atoms with Crippen molar-refractivity contribution in [3.8, 4) is 0 Å². The molecule has 0 amide bonds. The number of esters is 1. The predicted molar refractivity (Wildman–Crippen MR) is 42.0 cm³/mol. The maximum atomic E-state index is 10.5. The first-order valence-electron chi connectivity index (χ1n) is 3.52. The standard InChI is InChI=1S/C8H14O3/c1-6(2)7(9)4-5-8(10)11-3/h4-7,9H,1-3H3. The highest BCUT2D eigenvalue weighted by atomic mass is 16.5. The van der Waals surface area contributed by atoms with E-state index in [-0.39, 0.29) is 5.92 Å². The van der Waals surface area contributed by atoms with Gasteiger partial charge in [-0.3, -0.25) is 0 Å². The number of hydrogen-bond donors (Lipinski definition) is 1. The number of rotatable bonds is 3. The highest BCUT2D eigenvalue weighted by Gasteiger charge is 2.04. The predicted octanol–water partition coefficient (Wildman–Crippen LogP) is 0.732. The van der Waals surface area contributed by atoms with Crippen molar-refractivity contribution in [3.05, 3.63) is 12.2 Å². The molecule has 11 heavy (non-hydrogen) atoms. The Morgan fingerprint density at radius 1 is 1.55 bits per heavy atom. The Morgan fingerprint density at radius 2 is 2.09 bits per heavy atom. The fourth-order valence-corrected chi connectivity index (χ4v) is 0.467. The van der Waals surface area contributed by atoms with Gasteiger partial charge in [0.1, 0.15) is 0 Å². The van der Waals surface area contributed by atoms with Gasteiger partial charge >= 0.3 is 5.97 Å². The van der Waals surface area contributed by atoms with Crippen LogP contribution in [0.25, 0.3) is 0 Å². The summed E-state index contributed by atoms with van der Waals surface area (Å²) in [6, 6.07) is 0. The Bertz CT molecular complexity index is 149. The maximum absolute atomic E-state index is 10.5. The van der Waals surface area contributed by atoms with Crippen LogP contribution in [0.5, 0.6) is 0 Å². The van der Waals surface area contributed by atoms with Gasteiger partial charge in [-0.1, -0.05) is 13.8 Å². The molecule has 0 heterocycles. The van der Waals surface area contributed by atoms with Crippen molar-refractivity contribution < 1.29 is 14.6 Å². The molecule has 0 aromatic rings. The van der Waals surface area contributed by atoms with E-state index < -0.39 is 12.1 Å². The van der Waals surface area contributed by atoms with Crippen LogP contribution < -0.4 is 0 Å². The first-order valence-corrected chi connectivity index (χ1v) is 3.52. The Balaban J connectivity index is 3.82. The average molecular weight is 158 g/mol. The van der Waals surface area contributed by atoms with Gasteiger partial charge in [0.15, 0.2) is 0 Å². The summed E-state index contributed by atoms with van der Waals surface area (Å²) in [6.07, 6.45) is 2.08. The zero-order valence-electron chi connectivity index (χ0n) is 7.07. The van der Waals surface area contributed by atoms with Crippen molar-refractivity contribution in [1.29, 1.82) is 0 Å². The topological polar surface area (TPSA) is 46.5 Å². The molecule has 0 aliphatic rings. The Hall–Kier alpha value is -0.830. The SMILES string of the molecule is COC(=O)C=CC(O)C(C)C. The third-order valence-electron chi connectivity index (χ3n) is 1.31. The Kier molecular flexibility index (Phi) is 4.54. The summed E-state index contributed by atoms with van der Waals surface area (Å²) in [5, 5.41) is 9.18. The normalized spacial score (nSPS) is 13.9. The van der Waals surface area contributed by atoms with Crippen molar-refractivity contribution in [3.63, 3.8) is 0 Å². The highest BCUT2D eigenvalue weighted by Crippen LogP contribution is 2.01. The lowest BCUT2D eigenvalue weighted by Crippen LogP contribution is -2.11. The third-order valence-corrected chi connectivity index (χ3v) is 1.31. The van der Waals surface area contributed by atoms with E-state index in [4.69, 9.17) is 0 Å². The highest BCUT2D eigenvalue weighted by molar-refractivity contribution is 5.81. The zero-order chi connectivity index (χ0) is 8.85. The molecule has 0 fully saturated rings. The Morgan fingerprint density at radius 3 is 2.45 bits per heavy atom. The average Bonchev–Trinajstić information content (AvgIpc) is 1.99. The molecule has 0 saturated carbocycles. The van der Waals surface area contributed by atoms with Crippen molar-refractivity contribution in [2.45, 2.75) is 20.0 Å². The van der Waals surface area contributed by atoms with Gasteiger partial charge in [0.05, 0.1) is 13.2 Å². The first kappa shape index (κ1) is 10.2. The quantitative estimate of drug-likeness (QED) is 0.486. The lowest BCUT2D eigenvalue weighted by atomic mass is 10.1. The minimum Gasteiger partial charge on any atom is -0.466 e. The second-order valence-electron chi connectivity index (χ2n) is 2.62. The van der Waals surface area contributed by atoms with Gasteiger partial charge in [0, 0.05) is 6.08 Å². The van der Waals surface area contributed by atoms with E-state index in [1.165, 1.54) is 19.3 Å². The summed E-state index contributed by atoms with van der Waals surface area (Å²) < 4.78 is 4.34. The molecule has 0 spiro atoms. The van der Waals surface area contributed by atoms with Crippen molar-refractivity contribution in [2.24, 2.45) is 5.92 Å². The third kappa shape index (κ3) is 4.56. The molecule has 0 radical (unpaired) electrons. The molecule has 1 atom stereocenters. The van der Waals surface area contributed by atoms with Gasteiger partial charge in [0.2, 0.25) is 0 Å². The van der Waals surface area contributed by atoms with E-state index in [1.807, 2.05) is 13.8 Å². The van der Waals surface area contributed by atoms with E-state index in [1.54, 1.807) is 0 Å². The molecule has 1 N–H and O–H groups in total. The van der Waals surface area contributed by atoms with E-state index in [0.29, 0.717) is 0 Å². The van der Waals surface area contributed by atoms with Crippen LogP contribution in [-0.4, -0.2) is 24.3 Å². The fourth-order valence-electron chi connectivity index (χ4n) is 0.467. The van der Waals surface area contributed by atoms with Gasteiger partial charge in [-0.25, -0.2) is 4.79 Å². The van der Waals surface area contributed by atoms with Crippen LogP contribution in [0.15, 0.2) is 12.2 Å². The summed E-state index contributed by atoms with van der Waals surface area (Å²) in [5.74, 6) is -0.319. The molecule has 0 aliphatic carbocycles. The smallest absolute Gasteiger partial charge is 0.330 e. The molecule has 0 rings (SSSR count). The van der Waals surface area contributed by atoms with Crippen molar-refractivity contribution in [2.75, 3.05) is 7.11 Å². The number of carbonyl (C=O) groups is 1. The molecule has 0 aromatic heterocycles. The number of ether oxygens (including phenoxy) is 1. The van der Waals surface area contributed by atoms with Gasteiger partial charge in [-0.05, 0) is 12.0 Å². The summed E-state index contributed by atoms with van der Waals surface area (Å²) >= 11 is 0. The number of aliphatic hydroxyl groups is 1. The van der Waals surface area contributed by atoms with E-state index in [9.17, 15) is 9.90 Å². The number of hydrogen-bond acceptors (Lipinski definition) is 3. The van der Waals surface area contributed by atoms with E-state index in [0.717, 1.165) is 0 Å². The second-order valence-corrected chi connectivity index (χ2v) is 2.62. The van der Waals surface area contributed by atoms with Crippen LogP contribution in [0.2, 0.25) is 0 Å².